The van der Waals surface area contributed by atoms with Crippen LogP contribution in [0.3, 0.4) is 0 Å². The molecule has 0 spiro atoms. The number of hydrogen-bond acceptors (Lipinski definition) is 4. The second-order valence-corrected chi connectivity index (χ2v) is 6.36. The number of carbonyl (C=O) groups excluding carboxylic acids is 3. The predicted molar refractivity (Wildman–Crippen MR) is 96.9 cm³/mol. The van der Waals surface area contributed by atoms with Gasteiger partial charge in [0.15, 0.2) is 0 Å². The summed E-state index contributed by atoms with van der Waals surface area (Å²) in [6.45, 7) is 0. The molecular weight excluding hydrogens is 342 g/mol. The Morgan fingerprint density at radius 1 is 1.08 bits per heavy atom. The number of anilines is 2. The lowest BCUT2D eigenvalue weighted by Crippen LogP contribution is -2.21. The second kappa shape index (κ2) is 6.29. The first-order valence-electron chi connectivity index (χ1n) is 7.22. The number of primary amides is 2. The van der Waals surface area contributed by atoms with E-state index in [0.29, 0.717) is 10.7 Å². The Hall–Kier alpha value is -3.33. The maximum atomic E-state index is 12.6. The Morgan fingerprint density at radius 2 is 1.80 bits per heavy atom. The lowest BCUT2D eigenvalue weighted by atomic mass is 10.2. The molecule has 1 aromatic carbocycles. The monoisotopic (exact) mass is 357 g/mol. The van der Waals surface area contributed by atoms with Gasteiger partial charge in [-0.15, -0.1) is 0 Å². The van der Waals surface area contributed by atoms with Crippen molar-refractivity contribution in [2.24, 2.45) is 18.5 Å². The van der Waals surface area contributed by atoms with E-state index < -0.39 is 11.9 Å². The van der Waals surface area contributed by atoms with Crippen LogP contribution >= 0.6 is 11.3 Å². The van der Waals surface area contributed by atoms with Crippen molar-refractivity contribution in [3.8, 4) is 0 Å². The van der Waals surface area contributed by atoms with Gasteiger partial charge in [0.05, 0.1) is 10.6 Å². The van der Waals surface area contributed by atoms with Crippen LogP contribution in [0.2, 0.25) is 0 Å². The zero-order valence-corrected chi connectivity index (χ0v) is 14.0. The molecule has 25 heavy (non-hydrogen) atoms. The van der Waals surface area contributed by atoms with Crippen LogP contribution in [-0.4, -0.2) is 22.4 Å². The van der Waals surface area contributed by atoms with Crippen LogP contribution in [0.25, 0.3) is 10.9 Å². The van der Waals surface area contributed by atoms with Crippen molar-refractivity contribution < 1.29 is 14.4 Å². The Bertz CT molecular complexity index is 1000. The van der Waals surface area contributed by atoms with Crippen molar-refractivity contribution in [3.63, 3.8) is 0 Å². The summed E-state index contributed by atoms with van der Waals surface area (Å²) in [5.41, 5.74) is 11.8. The van der Waals surface area contributed by atoms with Gasteiger partial charge in [0.2, 0.25) is 0 Å². The number of para-hydroxylation sites is 1. The summed E-state index contributed by atoms with van der Waals surface area (Å²) in [6, 6.07) is 9.97. The van der Waals surface area contributed by atoms with Crippen molar-refractivity contribution in [1.82, 2.24) is 4.57 Å². The van der Waals surface area contributed by atoms with Crippen LogP contribution in [0.15, 0.2) is 36.4 Å². The number of amides is 4. The zero-order valence-electron chi connectivity index (χ0n) is 13.2. The van der Waals surface area contributed by atoms with Crippen molar-refractivity contribution in [2.75, 3.05) is 10.6 Å². The maximum Gasteiger partial charge on any atom is 0.317 e. The molecule has 0 saturated heterocycles. The molecule has 6 N–H and O–H groups in total. The average molecular weight is 357 g/mol. The molecule has 0 aliphatic heterocycles. The van der Waals surface area contributed by atoms with Crippen molar-refractivity contribution in [1.29, 1.82) is 0 Å². The molecule has 0 bridgehead atoms. The van der Waals surface area contributed by atoms with Gasteiger partial charge < -0.3 is 21.4 Å². The van der Waals surface area contributed by atoms with E-state index in [9.17, 15) is 14.4 Å². The van der Waals surface area contributed by atoms with Crippen LogP contribution in [0, 0.1) is 0 Å². The summed E-state index contributed by atoms with van der Waals surface area (Å²) in [5.74, 6) is -1.08. The van der Waals surface area contributed by atoms with Gasteiger partial charge in [-0.1, -0.05) is 29.5 Å². The molecule has 0 aliphatic rings. The van der Waals surface area contributed by atoms with Gasteiger partial charge in [-0.25, -0.2) is 4.79 Å². The third-order valence-corrected chi connectivity index (χ3v) is 4.62. The van der Waals surface area contributed by atoms with Crippen LogP contribution < -0.4 is 22.1 Å². The number of hydrogen-bond donors (Lipinski definition) is 4. The van der Waals surface area contributed by atoms with Crippen LogP contribution in [0.1, 0.15) is 20.8 Å². The number of fused-ring (bicyclic) bond motifs is 1. The average Bonchev–Trinajstić information content (AvgIpc) is 3.08. The summed E-state index contributed by atoms with van der Waals surface area (Å²) >= 11 is 0.998. The van der Waals surface area contributed by atoms with E-state index in [4.69, 9.17) is 11.5 Å². The summed E-state index contributed by atoms with van der Waals surface area (Å²) in [7, 11) is 1.79. The molecule has 9 heteroatoms. The lowest BCUT2D eigenvalue weighted by Gasteiger charge is -2.04. The highest BCUT2D eigenvalue weighted by Gasteiger charge is 2.18. The fourth-order valence-electron chi connectivity index (χ4n) is 2.52. The number of nitrogens with zero attached hydrogens (tertiary/aromatic N) is 1. The highest BCUT2D eigenvalue weighted by Crippen LogP contribution is 2.32. The number of aryl methyl sites for hydroxylation is 1. The van der Waals surface area contributed by atoms with Gasteiger partial charge >= 0.3 is 6.03 Å². The van der Waals surface area contributed by atoms with Crippen molar-refractivity contribution >= 4 is 50.1 Å². The van der Waals surface area contributed by atoms with Gasteiger partial charge in [0.25, 0.3) is 11.8 Å². The third-order valence-electron chi connectivity index (χ3n) is 3.66. The normalized spacial score (nSPS) is 10.6. The first kappa shape index (κ1) is 16.5. The van der Waals surface area contributed by atoms with E-state index in [1.165, 1.54) is 6.07 Å². The number of benzene rings is 1. The molecule has 0 aliphatic carbocycles. The smallest absolute Gasteiger partial charge is 0.317 e. The molecule has 2 aromatic heterocycles. The zero-order chi connectivity index (χ0) is 18.1. The largest absolute Gasteiger partial charge is 0.366 e. The van der Waals surface area contributed by atoms with Crippen LogP contribution in [0.5, 0.6) is 0 Å². The molecule has 0 fully saturated rings. The van der Waals surface area contributed by atoms with Gasteiger partial charge in [-0.3, -0.25) is 14.9 Å². The number of rotatable bonds is 4. The third kappa shape index (κ3) is 3.17. The van der Waals surface area contributed by atoms with Gasteiger partial charge in [-0.05, 0) is 18.2 Å². The Kier molecular flexibility index (Phi) is 4.15. The number of urea groups is 1. The van der Waals surface area contributed by atoms with Gasteiger partial charge in [0.1, 0.15) is 10.7 Å². The first-order valence-corrected chi connectivity index (χ1v) is 8.04. The number of aromatic nitrogens is 1. The molecule has 128 valence electrons. The molecule has 4 amide bonds. The number of nitrogens with two attached hydrogens (primary N) is 2. The fourth-order valence-corrected chi connectivity index (χ4v) is 3.48. The molecular formula is C16H15N5O3S. The second-order valence-electron chi connectivity index (χ2n) is 5.31. The van der Waals surface area contributed by atoms with E-state index in [2.05, 4.69) is 10.6 Å². The quantitative estimate of drug-likeness (QED) is 0.570. The van der Waals surface area contributed by atoms with E-state index in [1.807, 2.05) is 24.3 Å². The summed E-state index contributed by atoms with van der Waals surface area (Å²) in [5, 5.41) is 6.52. The lowest BCUT2D eigenvalue weighted by molar-refractivity contribution is 0.0996. The SMILES string of the molecule is Cn1c(C(=O)Nc2cc(C(N)=O)c(NC(N)=O)s2)cc2ccccc21. The minimum absolute atomic E-state index is 0.0798. The predicted octanol–water partition coefficient (Wildman–Crippen LogP) is 2.08. The maximum absolute atomic E-state index is 12.6. The molecule has 2 heterocycles. The topological polar surface area (TPSA) is 132 Å². The molecule has 3 aromatic rings. The number of thiophene rings is 1. The molecule has 0 unspecified atom stereocenters. The first-order chi connectivity index (χ1) is 11.9. The summed E-state index contributed by atoms with van der Waals surface area (Å²) < 4.78 is 1.77. The number of nitrogens with one attached hydrogen (secondary N) is 2. The van der Waals surface area contributed by atoms with Gasteiger partial charge in [-0.2, -0.15) is 0 Å². The fraction of sp³-hybridized carbons (Fsp3) is 0.0625. The summed E-state index contributed by atoms with van der Waals surface area (Å²) in [6.07, 6.45) is 0. The van der Waals surface area contributed by atoms with Crippen LogP contribution in [-0.2, 0) is 7.05 Å². The molecule has 0 atom stereocenters. The minimum atomic E-state index is -0.823. The minimum Gasteiger partial charge on any atom is -0.366 e. The molecule has 3 rings (SSSR count). The standard InChI is InChI=1S/C16H15N5O3S/c1-21-10-5-3-2-4-8(10)6-11(21)14(23)19-12-7-9(13(17)22)15(25-12)20-16(18)24/h2-7H,1H3,(H2,17,22)(H,19,23)(H3,18,20,24). The van der Waals surface area contributed by atoms with E-state index in [-0.39, 0.29) is 16.5 Å². The summed E-state index contributed by atoms with van der Waals surface area (Å²) in [4.78, 5) is 35.0. The van der Waals surface area contributed by atoms with E-state index in [1.54, 1.807) is 17.7 Å². The molecule has 0 radical (unpaired) electrons. The Labute approximate surface area is 146 Å². The number of carbonyl (C=O) groups is 3. The van der Waals surface area contributed by atoms with E-state index >= 15 is 0 Å². The highest BCUT2D eigenvalue weighted by atomic mass is 32.1. The highest BCUT2D eigenvalue weighted by molar-refractivity contribution is 7.20. The van der Waals surface area contributed by atoms with Crippen molar-refractivity contribution in [3.05, 3.63) is 47.7 Å². The van der Waals surface area contributed by atoms with Crippen molar-refractivity contribution in [2.45, 2.75) is 0 Å². The molecule has 8 nitrogen and oxygen atoms in total. The van der Waals surface area contributed by atoms with E-state index in [0.717, 1.165) is 22.2 Å². The Balaban J connectivity index is 1.91. The Morgan fingerprint density at radius 3 is 2.44 bits per heavy atom. The van der Waals surface area contributed by atoms with Gasteiger partial charge in [0, 0.05) is 18.0 Å². The molecule has 0 saturated carbocycles. The van der Waals surface area contributed by atoms with Crippen LogP contribution in [0.4, 0.5) is 14.8 Å².